The molecule has 0 amide bonds. The summed E-state index contributed by atoms with van der Waals surface area (Å²) in [5.74, 6) is 0.595. The Balaban J connectivity index is 1.97. The monoisotopic (exact) mass is 257 g/mol. The Bertz CT molecular complexity index is 523. The molecule has 0 fully saturated rings. The fourth-order valence-electron chi connectivity index (χ4n) is 2.09. The van der Waals surface area contributed by atoms with Crippen molar-refractivity contribution >= 4 is 0 Å². The minimum Gasteiger partial charge on any atom is -0.481 e. The number of aryl methyl sites for hydroxylation is 1. The zero-order chi connectivity index (χ0) is 13.7. The van der Waals surface area contributed by atoms with Gasteiger partial charge in [-0.05, 0) is 30.0 Å². The SMILES string of the molecule is COc1ccc(CC(O)Cc2ccccc2C)cn1. The van der Waals surface area contributed by atoms with Gasteiger partial charge in [-0.2, -0.15) is 0 Å². The lowest BCUT2D eigenvalue weighted by molar-refractivity contribution is 0.175. The van der Waals surface area contributed by atoms with Crippen molar-refractivity contribution in [1.29, 1.82) is 0 Å². The van der Waals surface area contributed by atoms with Gasteiger partial charge < -0.3 is 9.84 Å². The van der Waals surface area contributed by atoms with Crippen molar-refractivity contribution in [2.24, 2.45) is 0 Å². The molecule has 3 heteroatoms. The molecule has 2 aromatic rings. The van der Waals surface area contributed by atoms with Gasteiger partial charge in [-0.15, -0.1) is 0 Å². The van der Waals surface area contributed by atoms with Crippen LogP contribution in [0.3, 0.4) is 0 Å². The van der Waals surface area contributed by atoms with E-state index in [9.17, 15) is 5.11 Å². The number of methoxy groups -OCH3 is 1. The Morgan fingerprint density at radius 1 is 1.16 bits per heavy atom. The predicted molar refractivity (Wildman–Crippen MR) is 75.4 cm³/mol. The van der Waals surface area contributed by atoms with Crippen LogP contribution >= 0.6 is 0 Å². The lowest BCUT2D eigenvalue weighted by Crippen LogP contribution is -2.14. The topological polar surface area (TPSA) is 42.4 Å². The molecule has 1 atom stereocenters. The van der Waals surface area contributed by atoms with Gasteiger partial charge in [-0.1, -0.05) is 30.3 Å². The summed E-state index contributed by atoms with van der Waals surface area (Å²) in [5.41, 5.74) is 3.42. The van der Waals surface area contributed by atoms with E-state index in [2.05, 4.69) is 24.0 Å². The van der Waals surface area contributed by atoms with Crippen molar-refractivity contribution in [2.75, 3.05) is 7.11 Å². The molecule has 3 nitrogen and oxygen atoms in total. The first-order valence-electron chi connectivity index (χ1n) is 6.40. The number of nitrogens with zero attached hydrogens (tertiary/aromatic N) is 1. The maximum atomic E-state index is 10.1. The average Bonchev–Trinajstić information content (AvgIpc) is 2.42. The number of aliphatic hydroxyl groups excluding tert-OH is 1. The molecule has 1 heterocycles. The van der Waals surface area contributed by atoms with E-state index in [1.807, 2.05) is 24.3 Å². The smallest absolute Gasteiger partial charge is 0.212 e. The fourth-order valence-corrected chi connectivity index (χ4v) is 2.09. The van der Waals surface area contributed by atoms with Gasteiger partial charge in [0, 0.05) is 18.7 Å². The highest BCUT2D eigenvalue weighted by molar-refractivity contribution is 5.26. The molecular weight excluding hydrogens is 238 g/mol. The van der Waals surface area contributed by atoms with Crippen molar-refractivity contribution < 1.29 is 9.84 Å². The van der Waals surface area contributed by atoms with Gasteiger partial charge in [-0.25, -0.2) is 4.98 Å². The number of rotatable bonds is 5. The summed E-state index contributed by atoms with van der Waals surface area (Å²) in [4.78, 5) is 4.14. The molecule has 19 heavy (non-hydrogen) atoms. The predicted octanol–water partition coefficient (Wildman–Crippen LogP) is 2.54. The zero-order valence-electron chi connectivity index (χ0n) is 11.3. The zero-order valence-corrected chi connectivity index (χ0v) is 11.3. The molecule has 0 saturated heterocycles. The van der Waals surface area contributed by atoms with Gasteiger partial charge in [0.25, 0.3) is 0 Å². The molecule has 1 unspecified atom stereocenters. The molecule has 1 N–H and O–H groups in total. The van der Waals surface area contributed by atoms with Crippen LogP contribution in [0.25, 0.3) is 0 Å². The molecule has 1 aromatic carbocycles. The number of pyridine rings is 1. The van der Waals surface area contributed by atoms with E-state index in [0.29, 0.717) is 18.7 Å². The van der Waals surface area contributed by atoms with Crippen LogP contribution in [-0.4, -0.2) is 23.3 Å². The normalized spacial score (nSPS) is 12.2. The fraction of sp³-hybridized carbons (Fsp3) is 0.312. The molecule has 0 saturated carbocycles. The molecule has 100 valence electrons. The second-order valence-corrected chi connectivity index (χ2v) is 4.70. The number of aliphatic hydroxyl groups is 1. The van der Waals surface area contributed by atoms with Gasteiger partial charge >= 0.3 is 0 Å². The number of hydrogen-bond donors (Lipinski definition) is 1. The van der Waals surface area contributed by atoms with Crippen LogP contribution < -0.4 is 4.74 Å². The third kappa shape index (κ3) is 3.80. The van der Waals surface area contributed by atoms with Crippen LogP contribution in [0, 0.1) is 6.92 Å². The second kappa shape index (κ2) is 6.34. The summed E-state index contributed by atoms with van der Waals surface area (Å²) >= 11 is 0. The summed E-state index contributed by atoms with van der Waals surface area (Å²) in [5, 5.41) is 10.1. The second-order valence-electron chi connectivity index (χ2n) is 4.70. The molecular formula is C16H19NO2. The molecule has 0 aliphatic rings. The van der Waals surface area contributed by atoms with Crippen molar-refractivity contribution in [1.82, 2.24) is 4.98 Å². The molecule has 2 rings (SSSR count). The van der Waals surface area contributed by atoms with Gasteiger partial charge in [0.1, 0.15) is 0 Å². The first-order chi connectivity index (χ1) is 9.19. The van der Waals surface area contributed by atoms with E-state index < -0.39 is 6.10 Å². The standard InChI is InChI=1S/C16H19NO2/c1-12-5-3-4-6-14(12)10-15(18)9-13-7-8-16(19-2)17-11-13/h3-8,11,15,18H,9-10H2,1-2H3. The quantitative estimate of drug-likeness (QED) is 0.895. The third-order valence-electron chi connectivity index (χ3n) is 3.19. The molecule has 1 aromatic heterocycles. The van der Waals surface area contributed by atoms with E-state index in [0.717, 1.165) is 5.56 Å². The summed E-state index contributed by atoms with van der Waals surface area (Å²) < 4.78 is 5.01. The molecule has 0 spiro atoms. The summed E-state index contributed by atoms with van der Waals surface area (Å²) in [6, 6.07) is 11.9. The van der Waals surface area contributed by atoms with Crippen molar-refractivity contribution in [3.8, 4) is 5.88 Å². The van der Waals surface area contributed by atoms with Gasteiger partial charge in [0.2, 0.25) is 5.88 Å². The van der Waals surface area contributed by atoms with Crippen LogP contribution in [-0.2, 0) is 12.8 Å². The van der Waals surface area contributed by atoms with Crippen molar-refractivity contribution in [2.45, 2.75) is 25.9 Å². The minimum atomic E-state index is -0.392. The number of ether oxygens (including phenoxy) is 1. The Kier molecular flexibility index (Phi) is 4.53. The maximum Gasteiger partial charge on any atom is 0.212 e. The Morgan fingerprint density at radius 3 is 2.58 bits per heavy atom. The van der Waals surface area contributed by atoms with E-state index in [-0.39, 0.29) is 0 Å². The number of benzene rings is 1. The Labute approximate surface area is 113 Å². The highest BCUT2D eigenvalue weighted by Gasteiger charge is 2.09. The van der Waals surface area contributed by atoms with Crippen LogP contribution in [0.4, 0.5) is 0 Å². The molecule has 0 aliphatic heterocycles. The summed E-state index contributed by atoms with van der Waals surface area (Å²) in [6.45, 7) is 2.07. The van der Waals surface area contributed by atoms with Crippen LogP contribution in [0.2, 0.25) is 0 Å². The van der Waals surface area contributed by atoms with Gasteiger partial charge in [0.15, 0.2) is 0 Å². The van der Waals surface area contributed by atoms with Crippen molar-refractivity contribution in [3.05, 3.63) is 59.3 Å². The van der Waals surface area contributed by atoms with E-state index in [1.165, 1.54) is 11.1 Å². The minimum absolute atomic E-state index is 0.392. The largest absolute Gasteiger partial charge is 0.481 e. The Hall–Kier alpha value is -1.87. The first-order valence-corrected chi connectivity index (χ1v) is 6.40. The number of aromatic nitrogens is 1. The van der Waals surface area contributed by atoms with E-state index in [4.69, 9.17) is 4.74 Å². The Morgan fingerprint density at radius 2 is 1.95 bits per heavy atom. The van der Waals surface area contributed by atoms with Crippen LogP contribution in [0.5, 0.6) is 5.88 Å². The lowest BCUT2D eigenvalue weighted by Gasteiger charge is -2.12. The van der Waals surface area contributed by atoms with Crippen molar-refractivity contribution in [3.63, 3.8) is 0 Å². The van der Waals surface area contributed by atoms with E-state index >= 15 is 0 Å². The van der Waals surface area contributed by atoms with Gasteiger partial charge in [0.05, 0.1) is 13.2 Å². The average molecular weight is 257 g/mol. The molecule has 0 radical (unpaired) electrons. The maximum absolute atomic E-state index is 10.1. The van der Waals surface area contributed by atoms with Gasteiger partial charge in [-0.3, -0.25) is 0 Å². The first kappa shape index (κ1) is 13.6. The highest BCUT2D eigenvalue weighted by atomic mass is 16.5. The number of hydrogen-bond acceptors (Lipinski definition) is 3. The van der Waals surface area contributed by atoms with Crippen LogP contribution in [0.15, 0.2) is 42.6 Å². The van der Waals surface area contributed by atoms with Crippen LogP contribution in [0.1, 0.15) is 16.7 Å². The molecule has 0 bridgehead atoms. The summed E-state index contributed by atoms with van der Waals surface area (Å²) in [7, 11) is 1.59. The highest BCUT2D eigenvalue weighted by Crippen LogP contribution is 2.13. The molecule has 0 aliphatic carbocycles. The van der Waals surface area contributed by atoms with E-state index in [1.54, 1.807) is 13.3 Å². The summed E-state index contributed by atoms with van der Waals surface area (Å²) in [6.07, 6.45) is 2.63. The third-order valence-corrected chi connectivity index (χ3v) is 3.19. The lowest BCUT2D eigenvalue weighted by atomic mass is 9.99.